The fourth-order valence-electron chi connectivity index (χ4n) is 4.39. The van der Waals surface area contributed by atoms with Gasteiger partial charge in [-0.2, -0.15) is 0 Å². The number of pyridine rings is 1. The van der Waals surface area contributed by atoms with E-state index >= 15 is 0 Å². The topological polar surface area (TPSA) is 69.8 Å². The van der Waals surface area contributed by atoms with Gasteiger partial charge in [-0.1, -0.05) is 18.2 Å². The van der Waals surface area contributed by atoms with Crippen LogP contribution in [0.3, 0.4) is 0 Å². The number of hydrogen-bond donors (Lipinski definition) is 0. The molecule has 30 heavy (non-hydrogen) atoms. The van der Waals surface area contributed by atoms with Gasteiger partial charge in [0.2, 0.25) is 5.92 Å². The summed E-state index contributed by atoms with van der Waals surface area (Å²) in [6.45, 7) is 1.84. The molecule has 4 aromatic rings. The summed E-state index contributed by atoms with van der Waals surface area (Å²) in [6, 6.07) is 9.77. The van der Waals surface area contributed by atoms with Crippen molar-refractivity contribution >= 4 is 32.1 Å². The van der Waals surface area contributed by atoms with Crippen molar-refractivity contribution in [3.05, 3.63) is 54.6 Å². The summed E-state index contributed by atoms with van der Waals surface area (Å²) < 4.78 is 56.8. The number of imidazole rings is 1. The third-order valence-corrected chi connectivity index (χ3v) is 7.54. The molecule has 1 aliphatic rings. The van der Waals surface area contributed by atoms with Gasteiger partial charge < -0.3 is 4.57 Å². The van der Waals surface area contributed by atoms with Gasteiger partial charge in [0.15, 0.2) is 5.65 Å². The molecule has 0 saturated heterocycles. The molecular weight excluding hydrogens is 410 g/mol. The zero-order chi connectivity index (χ0) is 21.1. The fraction of sp³-hybridized carbons (Fsp3) is 0.333. The minimum atomic E-state index is -3.81. The molecule has 9 heteroatoms. The van der Waals surface area contributed by atoms with Crippen LogP contribution in [-0.4, -0.2) is 32.8 Å². The predicted octanol–water partition coefficient (Wildman–Crippen LogP) is 4.68. The monoisotopic (exact) mass is 430 g/mol. The van der Waals surface area contributed by atoms with Gasteiger partial charge in [-0.15, -0.1) is 0 Å². The van der Waals surface area contributed by atoms with Crippen LogP contribution in [0, 0.1) is 6.92 Å². The number of fused-ring (bicyclic) bond motifs is 3. The molecule has 3 heterocycles. The summed E-state index contributed by atoms with van der Waals surface area (Å²) in [7, 11) is -3.81. The Labute approximate surface area is 172 Å². The maximum absolute atomic E-state index is 13.7. The Balaban J connectivity index is 1.69. The smallest absolute Gasteiger partial charge is 0.269 e. The highest BCUT2D eigenvalue weighted by atomic mass is 32.2. The molecule has 1 aromatic carbocycles. The van der Waals surface area contributed by atoms with E-state index in [0.717, 1.165) is 5.52 Å². The van der Waals surface area contributed by atoms with Crippen molar-refractivity contribution in [1.29, 1.82) is 0 Å². The molecule has 0 atom stereocenters. The van der Waals surface area contributed by atoms with E-state index in [-0.39, 0.29) is 23.8 Å². The number of rotatable bonds is 3. The Bertz CT molecular complexity index is 1350. The van der Waals surface area contributed by atoms with E-state index < -0.39 is 15.9 Å². The van der Waals surface area contributed by atoms with Gasteiger partial charge in [0.25, 0.3) is 10.0 Å². The quantitative estimate of drug-likeness (QED) is 0.473. The zero-order valence-corrected chi connectivity index (χ0v) is 17.1. The Kier molecular flexibility index (Phi) is 4.22. The normalized spacial score (nSPS) is 17.7. The van der Waals surface area contributed by atoms with Crippen molar-refractivity contribution in [3.8, 4) is 0 Å². The summed E-state index contributed by atoms with van der Waals surface area (Å²) in [6.07, 6.45) is 3.43. The van der Waals surface area contributed by atoms with Gasteiger partial charge in [0, 0.05) is 30.5 Å². The molecule has 156 valence electrons. The largest absolute Gasteiger partial charge is 0.324 e. The number of nitrogens with zero attached hydrogens (tertiary/aromatic N) is 4. The Hall–Kier alpha value is -2.81. The van der Waals surface area contributed by atoms with E-state index in [1.165, 1.54) is 22.3 Å². The fourth-order valence-corrected chi connectivity index (χ4v) is 5.72. The maximum Gasteiger partial charge on any atom is 0.269 e. The molecule has 6 nitrogen and oxygen atoms in total. The lowest BCUT2D eigenvalue weighted by Gasteiger charge is -2.30. The van der Waals surface area contributed by atoms with Crippen LogP contribution in [0.5, 0.6) is 0 Å². The van der Waals surface area contributed by atoms with Crippen molar-refractivity contribution in [2.45, 2.75) is 49.5 Å². The second-order valence-electron chi connectivity index (χ2n) is 7.78. The first-order chi connectivity index (χ1) is 14.3. The van der Waals surface area contributed by atoms with E-state index in [4.69, 9.17) is 0 Å². The lowest BCUT2D eigenvalue weighted by Crippen LogP contribution is -2.26. The molecular formula is C21H20F2N4O2S. The van der Waals surface area contributed by atoms with Crippen LogP contribution in [0.25, 0.3) is 22.1 Å². The van der Waals surface area contributed by atoms with Gasteiger partial charge in [-0.05, 0) is 38.0 Å². The van der Waals surface area contributed by atoms with Crippen LogP contribution in [0.15, 0.2) is 53.7 Å². The van der Waals surface area contributed by atoms with Crippen LogP contribution in [0.1, 0.15) is 37.5 Å². The number of halogens is 2. The predicted molar refractivity (Wildman–Crippen MR) is 109 cm³/mol. The van der Waals surface area contributed by atoms with Crippen LogP contribution >= 0.6 is 0 Å². The van der Waals surface area contributed by atoms with Gasteiger partial charge in [0.1, 0.15) is 11.3 Å². The molecule has 0 aliphatic heterocycles. The Morgan fingerprint density at radius 3 is 2.50 bits per heavy atom. The summed E-state index contributed by atoms with van der Waals surface area (Å²) in [5.41, 5.74) is 1.68. The number of alkyl halides is 2. The molecule has 0 N–H and O–H groups in total. The Morgan fingerprint density at radius 1 is 1.10 bits per heavy atom. The molecule has 0 spiro atoms. The second kappa shape index (κ2) is 6.60. The minimum absolute atomic E-state index is 0.102. The first kappa shape index (κ1) is 19.2. The average Bonchev–Trinajstić information content (AvgIpc) is 3.29. The molecule has 0 bridgehead atoms. The third-order valence-electron chi connectivity index (χ3n) is 5.86. The van der Waals surface area contributed by atoms with E-state index in [0.29, 0.717) is 35.2 Å². The molecule has 0 unspecified atom stereocenters. The SMILES string of the molecule is Cc1nc2cnc3c(ccn3S(=O)(=O)c3ccccc3)c2n1C1CCC(F)(F)CC1. The molecule has 1 saturated carbocycles. The van der Waals surface area contributed by atoms with Gasteiger partial charge >= 0.3 is 0 Å². The van der Waals surface area contributed by atoms with Crippen molar-refractivity contribution in [3.63, 3.8) is 0 Å². The highest BCUT2D eigenvalue weighted by Gasteiger charge is 2.36. The average molecular weight is 430 g/mol. The van der Waals surface area contributed by atoms with E-state index in [1.807, 2.05) is 11.5 Å². The van der Waals surface area contributed by atoms with Crippen LogP contribution in [0.4, 0.5) is 8.78 Å². The van der Waals surface area contributed by atoms with Crippen molar-refractivity contribution in [2.75, 3.05) is 0 Å². The molecule has 1 aliphatic carbocycles. The van der Waals surface area contributed by atoms with Gasteiger partial charge in [-0.25, -0.2) is 31.1 Å². The standard InChI is InChI=1S/C21H20F2N4O2S/c1-14-25-18-13-24-20-17(19(18)27(14)15-7-10-21(22,23)11-8-15)9-12-26(20)30(28,29)16-5-3-2-4-6-16/h2-6,9,12-13,15H,7-8,10-11H2,1H3. The first-order valence-electron chi connectivity index (χ1n) is 9.81. The van der Waals surface area contributed by atoms with E-state index in [1.54, 1.807) is 30.5 Å². The van der Waals surface area contributed by atoms with Crippen molar-refractivity contribution in [2.24, 2.45) is 0 Å². The summed E-state index contributed by atoms with van der Waals surface area (Å²) in [4.78, 5) is 9.10. The van der Waals surface area contributed by atoms with Gasteiger partial charge in [-0.3, -0.25) is 0 Å². The van der Waals surface area contributed by atoms with Gasteiger partial charge in [0.05, 0.1) is 16.6 Å². The highest BCUT2D eigenvalue weighted by Crippen LogP contribution is 2.41. The van der Waals surface area contributed by atoms with Crippen LogP contribution in [0.2, 0.25) is 0 Å². The first-order valence-corrected chi connectivity index (χ1v) is 11.2. The summed E-state index contributed by atoms with van der Waals surface area (Å²) in [5.74, 6) is -1.90. The molecule has 0 radical (unpaired) electrons. The lowest BCUT2D eigenvalue weighted by molar-refractivity contribution is -0.0437. The van der Waals surface area contributed by atoms with E-state index in [9.17, 15) is 17.2 Å². The number of benzene rings is 1. The van der Waals surface area contributed by atoms with Crippen LogP contribution < -0.4 is 0 Å². The zero-order valence-electron chi connectivity index (χ0n) is 16.3. The summed E-state index contributed by atoms with van der Waals surface area (Å²) >= 11 is 0. The van der Waals surface area contributed by atoms with E-state index in [2.05, 4.69) is 9.97 Å². The van der Waals surface area contributed by atoms with Crippen molar-refractivity contribution < 1.29 is 17.2 Å². The lowest BCUT2D eigenvalue weighted by atomic mass is 9.92. The number of aryl methyl sites for hydroxylation is 1. The highest BCUT2D eigenvalue weighted by molar-refractivity contribution is 7.90. The summed E-state index contributed by atoms with van der Waals surface area (Å²) in [5, 5.41) is 0.643. The second-order valence-corrected chi connectivity index (χ2v) is 9.59. The minimum Gasteiger partial charge on any atom is -0.324 e. The maximum atomic E-state index is 13.7. The molecule has 1 fully saturated rings. The number of aromatic nitrogens is 4. The molecule has 5 rings (SSSR count). The molecule has 3 aromatic heterocycles. The van der Waals surface area contributed by atoms with Crippen molar-refractivity contribution in [1.82, 2.24) is 18.5 Å². The third kappa shape index (κ3) is 2.91. The number of hydrogen-bond acceptors (Lipinski definition) is 4. The molecule has 0 amide bonds. The van der Waals surface area contributed by atoms with Crippen LogP contribution in [-0.2, 0) is 10.0 Å². The Morgan fingerprint density at radius 2 is 1.80 bits per heavy atom.